The molecule has 0 bridgehead atoms. The third-order valence-corrected chi connectivity index (χ3v) is 5.81. The second kappa shape index (κ2) is 9.88. The number of rotatable bonds is 6. The van der Waals surface area contributed by atoms with Gasteiger partial charge in [-0.25, -0.2) is 0 Å². The summed E-state index contributed by atoms with van der Waals surface area (Å²) in [5.41, 5.74) is 1.40. The zero-order chi connectivity index (χ0) is 26.9. The number of nitrogens with zero attached hydrogens (tertiary/aromatic N) is 1. The molecule has 37 heavy (non-hydrogen) atoms. The fourth-order valence-corrected chi connectivity index (χ4v) is 4.21. The van der Waals surface area contributed by atoms with Gasteiger partial charge in [-0.05, 0) is 55.0 Å². The summed E-state index contributed by atoms with van der Waals surface area (Å²) in [6, 6.07) is 15.1. The van der Waals surface area contributed by atoms with Gasteiger partial charge in [-0.15, -0.1) is 13.2 Å². The number of ether oxygens (including phenoxy) is 3. The number of carbonyl (C=O) groups excluding carboxylic acids is 2. The highest BCUT2D eigenvalue weighted by Crippen LogP contribution is 2.44. The van der Waals surface area contributed by atoms with Crippen LogP contribution in [0.3, 0.4) is 0 Å². The molecule has 192 valence electrons. The lowest BCUT2D eigenvalue weighted by atomic mass is 9.94. The first-order valence-corrected chi connectivity index (χ1v) is 11.0. The number of alkyl halides is 3. The van der Waals surface area contributed by atoms with Crippen molar-refractivity contribution in [1.82, 2.24) is 0 Å². The number of aliphatic hydroxyl groups excluding tert-OH is 1. The maximum atomic E-state index is 13.3. The van der Waals surface area contributed by atoms with Crippen molar-refractivity contribution in [2.45, 2.75) is 19.3 Å². The smallest absolute Gasteiger partial charge is 0.507 e. The first-order chi connectivity index (χ1) is 17.5. The molecule has 1 unspecified atom stereocenters. The van der Waals surface area contributed by atoms with Crippen LogP contribution < -0.4 is 19.1 Å². The molecule has 0 aliphatic carbocycles. The van der Waals surface area contributed by atoms with Crippen LogP contribution in [0, 0.1) is 6.92 Å². The lowest BCUT2D eigenvalue weighted by Gasteiger charge is -2.26. The van der Waals surface area contributed by atoms with Crippen molar-refractivity contribution in [1.29, 1.82) is 0 Å². The van der Waals surface area contributed by atoms with Gasteiger partial charge in [0.15, 0.2) is 0 Å². The van der Waals surface area contributed by atoms with Crippen LogP contribution in [0.1, 0.15) is 22.7 Å². The third kappa shape index (κ3) is 5.09. The van der Waals surface area contributed by atoms with Crippen molar-refractivity contribution >= 4 is 23.1 Å². The number of Topliss-reactive ketones (excluding diaryl/α,β-unsaturated/α-hetero) is 1. The van der Waals surface area contributed by atoms with E-state index in [4.69, 9.17) is 9.47 Å². The van der Waals surface area contributed by atoms with Gasteiger partial charge in [0.1, 0.15) is 23.0 Å². The van der Waals surface area contributed by atoms with Gasteiger partial charge in [-0.3, -0.25) is 14.5 Å². The number of benzene rings is 3. The van der Waals surface area contributed by atoms with E-state index in [1.807, 2.05) is 13.0 Å². The molecule has 1 aliphatic rings. The van der Waals surface area contributed by atoms with E-state index in [1.54, 1.807) is 30.3 Å². The first-order valence-electron chi connectivity index (χ1n) is 11.0. The Hall–Kier alpha value is -4.47. The van der Waals surface area contributed by atoms with Crippen LogP contribution in [0.5, 0.6) is 17.2 Å². The Balaban J connectivity index is 1.91. The van der Waals surface area contributed by atoms with Crippen molar-refractivity contribution in [3.63, 3.8) is 0 Å². The summed E-state index contributed by atoms with van der Waals surface area (Å²) in [7, 11) is 2.82. The zero-order valence-electron chi connectivity index (χ0n) is 20.0. The minimum Gasteiger partial charge on any atom is -0.507 e. The molecule has 1 atom stereocenters. The normalized spacial score (nSPS) is 17.1. The summed E-state index contributed by atoms with van der Waals surface area (Å²) in [6.07, 6.45) is -4.89. The van der Waals surface area contributed by atoms with Crippen LogP contribution in [-0.2, 0) is 9.59 Å². The molecule has 4 rings (SSSR count). The van der Waals surface area contributed by atoms with Crippen molar-refractivity contribution in [3.8, 4) is 17.2 Å². The Labute approximate surface area is 210 Å². The second-order valence-corrected chi connectivity index (χ2v) is 8.19. The van der Waals surface area contributed by atoms with E-state index in [0.29, 0.717) is 11.3 Å². The zero-order valence-corrected chi connectivity index (χ0v) is 20.0. The number of halogens is 3. The Kier molecular flexibility index (Phi) is 6.84. The Morgan fingerprint density at radius 1 is 0.919 bits per heavy atom. The molecule has 1 heterocycles. The van der Waals surface area contributed by atoms with Gasteiger partial charge in [0.05, 0.1) is 31.4 Å². The summed E-state index contributed by atoms with van der Waals surface area (Å²) in [4.78, 5) is 27.7. The number of anilines is 1. The van der Waals surface area contributed by atoms with Crippen molar-refractivity contribution in [2.75, 3.05) is 19.1 Å². The fraction of sp³-hybridized carbons (Fsp3) is 0.185. The molecule has 1 saturated heterocycles. The summed E-state index contributed by atoms with van der Waals surface area (Å²) < 4.78 is 52.3. The maximum Gasteiger partial charge on any atom is 0.573 e. The van der Waals surface area contributed by atoms with Gasteiger partial charge >= 0.3 is 6.36 Å². The summed E-state index contributed by atoms with van der Waals surface area (Å²) in [5.74, 6) is -2.28. The average molecular weight is 513 g/mol. The van der Waals surface area contributed by atoms with Gasteiger partial charge < -0.3 is 19.3 Å². The SMILES string of the molecule is COc1ccc(OC)c(/C(O)=C2\C(=O)C(=O)N(c3ccc(OC(F)(F)F)cc3)C2c2cccc(C)c2)c1. The van der Waals surface area contributed by atoms with Gasteiger partial charge in [-0.2, -0.15) is 0 Å². The molecule has 0 radical (unpaired) electrons. The fourth-order valence-electron chi connectivity index (χ4n) is 4.21. The van der Waals surface area contributed by atoms with Crippen molar-refractivity contribution < 1.29 is 42.1 Å². The molecule has 3 aromatic carbocycles. The number of aliphatic hydroxyl groups is 1. The molecule has 7 nitrogen and oxygen atoms in total. The van der Waals surface area contributed by atoms with Crippen LogP contribution in [0.4, 0.5) is 18.9 Å². The predicted octanol–water partition coefficient (Wildman–Crippen LogP) is 5.54. The van der Waals surface area contributed by atoms with E-state index in [2.05, 4.69) is 4.74 Å². The predicted molar refractivity (Wildman–Crippen MR) is 129 cm³/mol. The molecular weight excluding hydrogens is 491 g/mol. The Bertz CT molecular complexity index is 1380. The Morgan fingerprint density at radius 2 is 1.59 bits per heavy atom. The highest BCUT2D eigenvalue weighted by atomic mass is 19.4. The summed E-state index contributed by atoms with van der Waals surface area (Å²) in [5, 5.41) is 11.4. The van der Waals surface area contributed by atoms with Crippen LogP contribution in [0.2, 0.25) is 0 Å². The molecule has 0 saturated carbocycles. The highest BCUT2D eigenvalue weighted by molar-refractivity contribution is 6.51. The number of methoxy groups -OCH3 is 2. The van der Waals surface area contributed by atoms with Crippen molar-refractivity contribution in [2.24, 2.45) is 0 Å². The number of hydrogen-bond donors (Lipinski definition) is 1. The number of hydrogen-bond acceptors (Lipinski definition) is 6. The number of aryl methyl sites for hydroxylation is 1. The van der Waals surface area contributed by atoms with E-state index >= 15 is 0 Å². The van der Waals surface area contributed by atoms with E-state index in [-0.39, 0.29) is 22.6 Å². The molecule has 1 N–H and O–H groups in total. The van der Waals surface area contributed by atoms with Gasteiger partial charge in [0.2, 0.25) is 0 Å². The van der Waals surface area contributed by atoms with E-state index in [9.17, 15) is 27.9 Å². The first kappa shape index (κ1) is 25.6. The van der Waals surface area contributed by atoms with E-state index in [1.165, 1.54) is 32.4 Å². The number of ketones is 1. The number of amides is 1. The topological polar surface area (TPSA) is 85.3 Å². The molecule has 0 aromatic heterocycles. The third-order valence-electron chi connectivity index (χ3n) is 5.81. The second-order valence-electron chi connectivity index (χ2n) is 8.19. The summed E-state index contributed by atoms with van der Waals surface area (Å²) >= 11 is 0. The van der Waals surface area contributed by atoms with Crippen LogP contribution in [0.15, 0.2) is 72.3 Å². The monoisotopic (exact) mass is 513 g/mol. The minimum absolute atomic E-state index is 0.131. The standard InChI is InChI=1S/C27H22F3NO6/c1-15-5-4-6-16(13-15)23-22(24(32)20-14-19(35-2)11-12-21(20)36-3)25(33)26(34)31(23)17-7-9-18(10-8-17)37-27(28,29)30/h4-14,23,32H,1-3H3/b24-22+. The summed E-state index contributed by atoms with van der Waals surface area (Å²) in [6.45, 7) is 1.82. The highest BCUT2D eigenvalue weighted by Gasteiger charge is 2.47. The molecule has 3 aromatic rings. The van der Waals surface area contributed by atoms with Crippen LogP contribution in [0.25, 0.3) is 5.76 Å². The van der Waals surface area contributed by atoms with Crippen LogP contribution in [-0.4, -0.2) is 37.4 Å². The average Bonchev–Trinajstić information content (AvgIpc) is 3.13. The minimum atomic E-state index is -4.89. The lowest BCUT2D eigenvalue weighted by Crippen LogP contribution is -2.29. The lowest BCUT2D eigenvalue weighted by molar-refractivity contribution is -0.274. The van der Waals surface area contributed by atoms with E-state index in [0.717, 1.165) is 22.6 Å². The Morgan fingerprint density at radius 3 is 2.19 bits per heavy atom. The van der Waals surface area contributed by atoms with Gasteiger partial charge in [0, 0.05) is 5.69 Å². The van der Waals surface area contributed by atoms with Crippen LogP contribution >= 0.6 is 0 Å². The molecular formula is C27H22F3NO6. The van der Waals surface area contributed by atoms with Gasteiger partial charge in [-0.1, -0.05) is 29.8 Å². The molecule has 1 aliphatic heterocycles. The van der Waals surface area contributed by atoms with Gasteiger partial charge in [0.25, 0.3) is 11.7 Å². The molecule has 0 spiro atoms. The molecule has 1 fully saturated rings. The van der Waals surface area contributed by atoms with E-state index < -0.39 is 35.6 Å². The number of carbonyl (C=O) groups is 2. The van der Waals surface area contributed by atoms with Crippen molar-refractivity contribution in [3.05, 3.63) is 89.0 Å². The largest absolute Gasteiger partial charge is 0.573 e. The molecule has 10 heteroatoms. The maximum absolute atomic E-state index is 13.3. The quantitative estimate of drug-likeness (QED) is 0.265. The molecule has 1 amide bonds.